The number of carbonyl (C=O) groups excluding carboxylic acids is 1. The Morgan fingerprint density at radius 2 is 1.68 bits per heavy atom. The molecule has 2 aromatic rings. The standard InChI is InChI=1S/C18H20Br2N4O3.ClH/c19-12-7-10(8-13(20)17(12)22)3-5-23-15-2-1-11(9-14(15)21)18(27)24-6-4-16(25)26;/h1-2,7-9,23H,3-6,21-22H2,(H,24,27)(H,25,26);1H. The molecule has 0 saturated carbocycles. The van der Waals surface area contributed by atoms with Crippen molar-refractivity contribution in [2.45, 2.75) is 12.8 Å². The summed E-state index contributed by atoms with van der Waals surface area (Å²) in [4.78, 5) is 22.5. The van der Waals surface area contributed by atoms with Crippen molar-refractivity contribution in [2.24, 2.45) is 0 Å². The highest BCUT2D eigenvalue weighted by Crippen LogP contribution is 2.29. The van der Waals surface area contributed by atoms with Crippen molar-refractivity contribution in [2.75, 3.05) is 29.9 Å². The largest absolute Gasteiger partial charge is 0.481 e. The van der Waals surface area contributed by atoms with Crippen LogP contribution in [0, 0.1) is 0 Å². The number of rotatable bonds is 8. The normalized spacial score (nSPS) is 10.1. The van der Waals surface area contributed by atoms with Crippen molar-refractivity contribution in [3.8, 4) is 0 Å². The lowest BCUT2D eigenvalue weighted by Gasteiger charge is -2.12. The number of carboxylic acids is 1. The van der Waals surface area contributed by atoms with Crippen LogP contribution in [-0.2, 0) is 11.2 Å². The minimum Gasteiger partial charge on any atom is -0.481 e. The van der Waals surface area contributed by atoms with Gasteiger partial charge in [-0.15, -0.1) is 12.4 Å². The molecule has 28 heavy (non-hydrogen) atoms. The first-order chi connectivity index (χ1) is 12.8. The Labute approximate surface area is 185 Å². The second kappa shape index (κ2) is 11.1. The van der Waals surface area contributed by atoms with Gasteiger partial charge in [-0.05, 0) is 74.2 Å². The topological polar surface area (TPSA) is 130 Å². The number of hydrogen-bond donors (Lipinski definition) is 5. The number of nitrogens with two attached hydrogens (primary N) is 2. The second-order valence-corrected chi connectivity index (χ2v) is 7.56. The fourth-order valence-electron chi connectivity index (χ4n) is 2.37. The zero-order valence-corrected chi connectivity index (χ0v) is 18.8. The van der Waals surface area contributed by atoms with E-state index in [1.165, 1.54) is 0 Å². The Bertz CT molecular complexity index is 842. The van der Waals surface area contributed by atoms with Crippen LogP contribution in [-0.4, -0.2) is 30.1 Å². The summed E-state index contributed by atoms with van der Waals surface area (Å²) in [6, 6.07) is 8.88. The first-order valence-electron chi connectivity index (χ1n) is 8.14. The molecule has 2 rings (SSSR count). The van der Waals surface area contributed by atoms with E-state index in [0.717, 1.165) is 26.6 Å². The summed E-state index contributed by atoms with van der Waals surface area (Å²) in [5.74, 6) is -1.32. The lowest BCUT2D eigenvalue weighted by molar-refractivity contribution is -0.136. The average Bonchev–Trinajstić information content (AvgIpc) is 2.60. The Morgan fingerprint density at radius 3 is 2.25 bits per heavy atom. The van der Waals surface area contributed by atoms with Crippen LogP contribution in [0.1, 0.15) is 22.3 Å². The summed E-state index contributed by atoms with van der Waals surface area (Å²) in [5.41, 5.74) is 15.2. The van der Waals surface area contributed by atoms with E-state index in [9.17, 15) is 9.59 Å². The van der Waals surface area contributed by atoms with E-state index >= 15 is 0 Å². The number of nitrogen functional groups attached to an aromatic ring is 2. The average molecular weight is 537 g/mol. The predicted octanol–water partition coefficient (Wildman–Crippen LogP) is 3.66. The molecule has 1 amide bonds. The Hall–Kier alpha value is -1.97. The third-order valence-corrected chi connectivity index (χ3v) is 5.12. The molecule has 0 aromatic heterocycles. The SMILES string of the molecule is Cl.Nc1cc(C(=O)NCCC(=O)O)ccc1NCCc1cc(Br)c(N)c(Br)c1. The van der Waals surface area contributed by atoms with Gasteiger partial charge in [0.2, 0.25) is 0 Å². The van der Waals surface area contributed by atoms with Crippen LogP contribution in [0.15, 0.2) is 39.3 Å². The van der Waals surface area contributed by atoms with Crippen LogP contribution in [0.25, 0.3) is 0 Å². The number of nitrogens with one attached hydrogen (secondary N) is 2. The zero-order valence-electron chi connectivity index (χ0n) is 14.8. The first kappa shape index (κ1) is 24.1. The molecule has 0 bridgehead atoms. The maximum atomic E-state index is 12.0. The van der Waals surface area contributed by atoms with Gasteiger partial charge >= 0.3 is 5.97 Å². The van der Waals surface area contributed by atoms with Gasteiger partial charge in [-0.2, -0.15) is 0 Å². The van der Waals surface area contributed by atoms with E-state index < -0.39 is 5.97 Å². The molecule has 0 aliphatic heterocycles. The van der Waals surface area contributed by atoms with E-state index in [4.69, 9.17) is 16.6 Å². The summed E-state index contributed by atoms with van der Waals surface area (Å²) in [5, 5.41) is 14.4. The van der Waals surface area contributed by atoms with E-state index in [-0.39, 0.29) is 31.3 Å². The minimum atomic E-state index is -0.963. The number of amides is 1. The summed E-state index contributed by atoms with van der Waals surface area (Å²) >= 11 is 6.85. The van der Waals surface area contributed by atoms with Gasteiger partial charge in [0.25, 0.3) is 5.91 Å². The molecule has 10 heteroatoms. The monoisotopic (exact) mass is 534 g/mol. The smallest absolute Gasteiger partial charge is 0.305 e. The van der Waals surface area contributed by atoms with Crippen molar-refractivity contribution >= 4 is 73.2 Å². The third-order valence-electron chi connectivity index (χ3n) is 3.81. The van der Waals surface area contributed by atoms with Crippen LogP contribution in [0.5, 0.6) is 0 Å². The number of carbonyl (C=O) groups is 2. The maximum Gasteiger partial charge on any atom is 0.305 e. The van der Waals surface area contributed by atoms with Crippen molar-refractivity contribution in [3.63, 3.8) is 0 Å². The van der Waals surface area contributed by atoms with Gasteiger partial charge in [-0.3, -0.25) is 9.59 Å². The van der Waals surface area contributed by atoms with Crippen LogP contribution >= 0.6 is 44.3 Å². The number of carboxylic acid groups (broad SMARTS) is 1. The Morgan fingerprint density at radius 1 is 1.04 bits per heavy atom. The molecular formula is C18H21Br2ClN4O3. The molecule has 0 heterocycles. The van der Waals surface area contributed by atoms with Crippen LogP contribution in [0.2, 0.25) is 0 Å². The second-order valence-electron chi connectivity index (χ2n) is 5.85. The highest BCUT2D eigenvalue weighted by molar-refractivity contribution is 9.11. The quantitative estimate of drug-likeness (QED) is 0.328. The Kier molecular flexibility index (Phi) is 9.57. The van der Waals surface area contributed by atoms with Crippen LogP contribution in [0.3, 0.4) is 0 Å². The summed E-state index contributed by atoms with van der Waals surface area (Å²) < 4.78 is 1.68. The van der Waals surface area contributed by atoms with E-state index in [1.807, 2.05) is 12.1 Å². The zero-order chi connectivity index (χ0) is 20.0. The maximum absolute atomic E-state index is 12.0. The molecule has 0 unspecified atom stereocenters. The summed E-state index contributed by atoms with van der Waals surface area (Å²) in [7, 11) is 0. The molecule has 0 aliphatic rings. The molecule has 0 atom stereocenters. The number of benzene rings is 2. The van der Waals surface area contributed by atoms with Gasteiger partial charge in [-0.1, -0.05) is 0 Å². The van der Waals surface area contributed by atoms with Crippen molar-refractivity contribution in [3.05, 3.63) is 50.4 Å². The van der Waals surface area contributed by atoms with Crippen molar-refractivity contribution in [1.29, 1.82) is 0 Å². The van der Waals surface area contributed by atoms with Gasteiger partial charge in [0.05, 0.1) is 23.5 Å². The molecule has 0 spiro atoms. The fraction of sp³-hybridized carbons (Fsp3) is 0.222. The summed E-state index contributed by atoms with van der Waals surface area (Å²) in [6.07, 6.45) is 0.632. The number of halogens is 3. The van der Waals surface area contributed by atoms with Crippen molar-refractivity contribution in [1.82, 2.24) is 5.32 Å². The lowest BCUT2D eigenvalue weighted by atomic mass is 10.1. The van der Waals surface area contributed by atoms with Gasteiger partial charge in [0.1, 0.15) is 0 Å². The third kappa shape index (κ3) is 6.88. The van der Waals surface area contributed by atoms with E-state index in [0.29, 0.717) is 23.5 Å². The molecular weight excluding hydrogens is 515 g/mol. The lowest BCUT2D eigenvalue weighted by Crippen LogP contribution is -2.26. The van der Waals surface area contributed by atoms with E-state index in [1.54, 1.807) is 18.2 Å². The van der Waals surface area contributed by atoms with Crippen LogP contribution in [0.4, 0.5) is 17.1 Å². The molecule has 7 nitrogen and oxygen atoms in total. The van der Waals surface area contributed by atoms with Crippen LogP contribution < -0.4 is 22.1 Å². The minimum absolute atomic E-state index is 0. The van der Waals surface area contributed by atoms with Crippen molar-refractivity contribution < 1.29 is 14.7 Å². The molecule has 0 aliphatic carbocycles. The highest BCUT2D eigenvalue weighted by atomic mass is 79.9. The molecule has 152 valence electrons. The highest BCUT2D eigenvalue weighted by Gasteiger charge is 2.09. The molecule has 0 radical (unpaired) electrons. The predicted molar refractivity (Wildman–Crippen MR) is 121 cm³/mol. The molecule has 0 fully saturated rings. The fourth-order valence-corrected chi connectivity index (χ4v) is 3.65. The number of anilines is 3. The summed E-state index contributed by atoms with van der Waals surface area (Å²) in [6.45, 7) is 0.720. The number of aliphatic carboxylic acids is 1. The molecule has 7 N–H and O–H groups in total. The Balaban J connectivity index is 0.00000392. The van der Waals surface area contributed by atoms with Gasteiger partial charge in [-0.25, -0.2) is 0 Å². The van der Waals surface area contributed by atoms with E-state index in [2.05, 4.69) is 42.5 Å². The molecule has 0 saturated heterocycles. The van der Waals surface area contributed by atoms with Gasteiger partial charge < -0.3 is 27.2 Å². The number of hydrogen-bond acceptors (Lipinski definition) is 5. The molecule has 2 aromatic carbocycles. The van der Waals surface area contributed by atoms with Gasteiger partial charge in [0, 0.05) is 27.6 Å². The van der Waals surface area contributed by atoms with Gasteiger partial charge in [0.15, 0.2) is 0 Å². The first-order valence-corrected chi connectivity index (χ1v) is 9.73.